The van der Waals surface area contributed by atoms with Crippen molar-refractivity contribution in [1.82, 2.24) is 0 Å². The molecule has 0 aliphatic rings. The van der Waals surface area contributed by atoms with Crippen molar-refractivity contribution in [3.63, 3.8) is 0 Å². The van der Waals surface area contributed by atoms with Crippen molar-refractivity contribution in [2.45, 2.75) is 20.0 Å². The van der Waals surface area contributed by atoms with Gasteiger partial charge in [-0.2, -0.15) is 14.0 Å². The van der Waals surface area contributed by atoms with Crippen LogP contribution in [0.15, 0.2) is 12.1 Å². The third kappa shape index (κ3) is 4.10. The van der Waals surface area contributed by atoms with Crippen LogP contribution in [0.3, 0.4) is 0 Å². The van der Waals surface area contributed by atoms with Gasteiger partial charge in [-0.3, -0.25) is 4.79 Å². The standard InChI is InChI=1S/C12H11F2NO4/c1-2-18-10(17)5-7-3-8(6-15)11(9(16)4-7)19-12(13)14/h3-4,12,16H,2,5H2,1H3. The molecule has 1 N–H and O–H groups in total. The van der Waals surface area contributed by atoms with E-state index in [0.29, 0.717) is 0 Å². The van der Waals surface area contributed by atoms with E-state index in [4.69, 9.17) is 10.00 Å². The highest BCUT2D eigenvalue weighted by Crippen LogP contribution is 2.32. The number of halogens is 2. The molecule has 1 aromatic carbocycles. The molecule has 0 amide bonds. The predicted octanol–water partition coefficient (Wildman–Crippen LogP) is 1.97. The van der Waals surface area contributed by atoms with Crippen molar-refractivity contribution in [2.75, 3.05) is 6.61 Å². The van der Waals surface area contributed by atoms with Crippen LogP contribution in [0.25, 0.3) is 0 Å². The number of nitriles is 1. The molecule has 0 atom stereocenters. The highest BCUT2D eigenvalue weighted by atomic mass is 19.3. The van der Waals surface area contributed by atoms with Gasteiger partial charge in [0.15, 0.2) is 11.5 Å². The number of carbonyl (C=O) groups is 1. The first kappa shape index (κ1) is 14.7. The number of phenols is 1. The van der Waals surface area contributed by atoms with Crippen LogP contribution in [-0.4, -0.2) is 24.3 Å². The van der Waals surface area contributed by atoms with Crippen molar-refractivity contribution in [3.8, 4) is 17.6 Å². The Morgan fingerprint density at radius 3 is 2.74 bits per heavy atom. The Bertz CT molecular complexity index is 511. The number of hydrogen-bond acceptors (Lipinski definition) is 5. The maximum absolute atomic E-state index is 12.1. The van der Waals surface area contributed by atoms with Gasteiger partial charge in [-0.25, -0.2) is 0 Å². The average Bonchev–Trinajstić information content (AvgIpc) is 2.32. The lowest BCUT2D eigenvalue weighted by Crippen LogP contribution is -2.08. The molecule has 102 valence electrons. The lowest BCUT2D eigenvalue weighted by molar-refractivity contribution is -0.142. The largest absolute Gasteiger partial charge is 0.504 e. The monoisotopic (exact) mass is 271 g/mol. The zero-order valence-electron chi connectivity index (χ0n) is 10.0. The van der Waals surface area contributed by atoms with E-state index in [-0.39, 0.29) is 24.2 Å². The first-order valence-electron chi connectivity index (χ1n) is 5.34. The Labute approximate surface area is 108 Å². The summed E-state index contributed by atoms with van der Waals surface area (Å²) in [5.41, 5.74) is -0.00582. The molecule has 5 nitrogen and oxygen atoms in total. The van der Waals surface area contributed by atoms with Crippen molar-refractivity contribution in [1.29, 1.82) is 5.26 Å². The van der Waals surface area contributed by atoms with E-state index in [0.717, 1.165) is 6.07 Å². The van der Waals surface area contributed by atoms with Gasteiger partial charge in [-0.1, -0.05) is 0 Å². The average molecular weight is 271 g/mol. The fourth-order valence-corrected chi connectivity index (χ4v) is 1.45. The molecule has 0 saturated heterocycles. The maximum atomic E-state index is 12.1. The summed E-state index contributed by atoms with van der Waals surface area (Å²) in [7, 11) is 0. The maximum Gasteiger partial charge on any atom is 0.387 e. The van der Waals surface area contributed by atoms with Gasteiger partial charge >= 0.3 is 12.6 Å². The molecule has 19 heavy (non-hydrogen) atoms. The summed E-state index contributed by atoms with van der Waals surface area (Å²) in [6.45, 7) is -1.33. The molecule has 0 unspecified atom stereocenters. The molecule has 0 aliphatic carbocycles. The van der Waals surface area contributed by atoms with Crippen molar-refractivity contribution >= 4 is 5.97 Å². The summed E-state index contributed by atoms with van der Waals surface area (Å²) < 4.78 is 33.0. The van der Waals surface area contributed by atoms with Gasteiger partial charge in [0, 0.05) is 0 Å². The highest BCUT2D eigenvalue weighted by molar-refractivity contribution is 5.73. The van der Waals surface area contributed by atoms with Gasteiger partial charge in [0.05, 0.1) is 18.6 Å². The number of ether oxygens (including phenoxy) is 2. The van der Waals surface area contributed by atoms with Crippen LogP contribution >= 0.6 is 0 Å². The van der Waals surface area contributed by atoms with Gasteiger partial charge in [-0.15, -0.1) is 0 Å². The Kier molecular flexibility index (Phi) is 5.06. The van der Waals surface area contributed by atoms with Gasteiger partial charge in [0.1, 0.15) is 6.07 Å². The van der Waals surface area contributed by atoms with Gasteiger partial charge < -0.3 is 14.6 Å². The molecule has 0 saturated carbocycles. The number of alkyl halides is 2. The molecule has 7 heteroatoms. The van der Waals surface area contributed by atoms with E-state index in [2.05, 4.69) is 4.74 Å². The minimum Gasteiger partial charge on any atom is -0.504 e. The number of carbonyl (C=O) groups excluding carboxylic acids is 1. The summed E-state index contributed by atoms with van der Waals surface area (Å²) in [4.78, 5) is 11.2. The van der Waals surface area contributed by atoms with Crippen molar-refractivity contribution in [3.05, 3.63) is 23.3 Å². The Hall–Kier alpha value is -2.36. The number of esters is 1. The number of rotatable bonds is 5. The lowest BCUT2D eigenvalue weighted by Gasteiger charge is -2.10. The smallest absolute Gasteiger partial charge is 0.387 e. The van der Waals surface area contributed by atoms with Crippen LogP contribution in [0.2, 0.25) is 0 Å². The fourth-order valence-electron chi connectivity index (χ4n) is 1.45. The quantitative estimate of drug-likeness (QED) is 0.828. The number of nitrogens with zero attached hydrogens (tertiary/aromatic N) is 1. The zero-order chi connectivity index (χ0) is 14.4. The van der Waals surface area contributed by atoms with E-state index in [9.17, 15) is 18.7 Å². The molecule has 0 aromatic heterocycles. The summed E-state index contributed by atoms with van der Waals surface area (Å²) in [6, 6.07) is 3.88. The van der Waals surface area contributed by atoms with E-state index < -0.39 is 24.1 Å². The number of benzene rings is 1. The van der Waals surface area contributed by atoms with Crippen LogP contribution in [-0.2, 0) is 16.0 Å². The molecular weight excluding hydrogens is 260 g/mol. The van der Waals surface area contributed by atoms with Crippen molar-refractivity contribution in [2.24, 2.45) is 0 Å². The summed E-state index contributed by atoms with van der Waals surface area (Å²) >= 11 is 0. The second-order valence-electron chi connectivity index (χ2n) is 3.46. The van der Waals surface area contributed by atoms with Crippen LogP contribution in [0, 0.1) is 11.3 Å². The predicted molar refractivity (Wildman–Crippen MR) is 59.8 cm³/mol. The van der Waals surface area contributed by atoms with Crippen LogP contribution in [0.4, 0.5) is 8.78 Å². The normalized spacial score (nSPS) is 10.1. The minimum atomic E-state index is -3.16. The Morgan fingerprint density at radius 2 is 2.21 bits per heavy atom. The summed E-state index contributed by atoms with van der Waals surface area (Å²) in [5.74, 6) is -1.78. The molecule has 0 aliphatic heterocycles. The van der Waals surface area contributed by atoms with Crippen LogP contribution in [0.1, 0.15) is 18.1 Å². The molecule has 0 heterocycles. The molecule has 1 rings (SSSR count). The van der Waals surface area contributed by atoms with E-state index in [1.807, 2.05) is 0 Å². The first-order chi connectivity index (χ1) is 8.97. The third-order valence-corrected chi connectivity index (χ3v) is 2.11. The van der Waals surface area contributed by atoms with Crippen LogP contribution < -0.4 is 4.74 Å². The van der Waals surface area contributed by atoms with Gasteiger partial charge in [0.25, 0.3) is 0 Å². The third-order valence-electron chi connectivity index (χ3n) is 2.11. The van der Waals surface area contributed by atoms with E-state index in [1.54, 1.807) is 13.0 Å². The zero-order valence-corrected chi connectivity index (χ0v) is 10.0. The molecule has 0 bridgehead atoms. The van der Waals surface area contributed by atoms with Crippen LogP contribution in [0.5, 0.6) is 11.5 Å². The molecule has 1 aromatic rings. The van der Waals surface area contributed by atoms with E-state index in [1.165, 1.54) is 6.07 Å². The lowest BCUT2D eigenvalue weighted by atomic mass is 10.1. The highest BCUT2D eigenvalue weighted by Gasteiger charge is 2.17. The molecule has 0 spiro atoms. The topological polar surface area (TPSA) is 79.6 Å². The first-order valence-corrected chi connectivity index (χ1v) is 5.34. The SMILES string of the molecule is CCOC(=O)Cc1cc(O)c(OC(F)F)c(C#N)c1. The second-order valence-corrected chi connectivity index (χ2v) is 3.46. The minimum absolute atomic E-state index is 0.176. The second kappa shape index (κ2) is 6.54. The fraction of sp³-hybridized carbons (Fsp3) is 0.333. The van der Waals surface area contributed by atoms with E-state index >= 15 is 0 Å². The summed E-state index contributed by atoms with van der Waals surface area (Å²) in [6.07, 6.45) is -0.176. The molecule has 0 fully saturated rings. The molecular formula is C12H11F2NO4. The Balaban J connectivity index is 3.03. The van der Waals surface area contributed by atoms with Gasteiger partial charge in [0.2, 0.25) is 0 Å². The van der Waals surface area contributed by atoms with Crippen molar-refractivity contribution < 1.29 is 28.2 Å². The number of phenolic OH excluding ortho intramolecular Hbond substituents is 1. The summed E-state index contributed by atoms with van der Waals surface area (Å²) in [5, 5.41) is 18.3. The number of hydrogen-bond donors (Lipinski definition) is 1. The Morgan fingerprint density at radius 1 is 1.53 bits per heavy atom. The van der Waals surface area contributed by atoms with Gasteiger partial charge in [-0.05, 0) is 24.6 Å². The number of aromatic hydroxyl groups is 1. The molecule has 0 radical (unpaired) electrons.